The van der Waals surface area contributed by atoms with E-state index in [0.717, 1.165) is 0 Å². The largest absolute Gasteiger partial charge is 0.497 e. The minimum atomic E-state index is -3.27. The molecule has 0 spiro atoms. The highest BCUT2D eigenvalue weighted by Gasteiger charge is 2.28. The second-order valence-corrected chi connectivity index (χ2v) is 7.99. The molecule has 2 aromatic carbocycles. The first-order chi connectivity index (χ1) is 12.9. The van der Waals surface area contributed by atoms with Gasteiger partial charge < -0.3 is 20.1 Å². The first-order valence-corrected chi connectivity index (χ1v) is 9.94. The molecule has 1 saturated heterocycles. The number of carbonyl (C=O) groups excluding carboxylic acids is 1. The Kier molecular flexibility index (Phi) is 5.41. The number of nitrogens with one attached hydrogen (secondary N) is 2. The van der Waals surface area contributed by atoms with Crippen molar-refractivity contribution < 1.29 is 22.7 Å². The van der Waals surface area contributed by atoms with Crippen LogP contribution in [0.4, 0.5) is 21.9 Å². The van der Waals surface area contributed by atoms with E-state index in [1.807, 2.05) is 0 Å². The molecule has 0 unspecified atom stereocenters. The zero-order valence-corrected chi connectivity index (χ0v) is 15.9. The zero-order chi connectivity index (χ0) is 19.4. The van der Waals surface area contributed by atoms with Gasteiger partial charge in [0.05, 0.1) is 25.7 Å². The van der Waals surface area contributed by atoms with Crippen LogP contribution in [0.3, 0.4) is 0 Å². The van der Waals surface area contributed by atoms with Crippen LogP contribution in [0.25, 0.3) is 0 Å². The number of rotatable bonds is 5. The number of hydrogen-bond acceptors (Lipinski definition) is 5. The third-order valence-electron chi connectivity index (χ3n) is 4.10. The predicted molar refractivity (Wildman–Crippen MR) is 104 cm³/mol. The monoisotopic (exact) mass is 391 g/mol. The molecule has 27 heavy (non-hydrogen) atoms. The van der Waals surface area contributed by atoms with E-state index in [1.165, 1.54) is 18.5 Å². The molecule has 1 fully saturated rings. The molecule has 1 aliphatic heterocycles. The van der Waals surface area contributed by atoms with Crippen LogP contribution >= 0.6 is 0 Å². The summed E-state index contributed by atoms with van der Waals surface area (Å²) in [4.78, 5) is 12.3. The van der Waals surface area contributed by atoms with E-state index in [2.05, 4.69) is 10.6 Å². The average Bonchev–Trinajstić information content (AvgIpc) is 3.00. The number of ether oxygens (including phenoxy) is 2. The number of hydrogen-bond donors (Lipinski definition) is 2. The van der Waals surface area contributed by atoms with Gasteiger partial charge in [-0.3, -0.25) is 4.31 Å². The molecule has 8 nitrogen and oxygen atoms in total. The molecular formula is C18H21N3O5S. The Morgan fingerprint density at radius 1 is 1.00 bits per heavy atom. The Morgan fingerprint density at radius 2 is 1.67 bits per heavy atom. The summed E-state index contributed by atoms with van der Waals surface area (Å²) in [5.74, 6) is 1.24. The fourth-order valence-electron chi connectivity index (χ4n) is 2.84. The Labute approximate surface area is 158 Å². The van der Waals surface area contributed by atoms with Gasteiger partial charge in [0.2, 0.25) is 10.0 Å². The number of benzene rings is 2. The lowest BCUT2D eigenvalue weighted by Crippen LogP contribution is -2.25. The molecular weight excluding hydrogens is 370 g/mol. The highest BCUT2D eigenvalue weighted by atomic mass is 32.2. The van der Waals surface area contributed by atoms with E-state index >= 15 is 0 Å². The first kappa shape index (κ1) is 18.8. The topological polar surface area (TPSA) is 97.0 Å². The van der Waals surface area contributed by atoms with Gasteiger partial charge in [-0.2, -0.15) is 0 Å². The summed E-state index contributed by atoms with van der Waals surface area (Å²) in [6.07, 6.45) is 0.595. The van der Waals surface area contributed by atoms with Crippen LogP contribution in [0, 0.1) is 0 Å². The van der Waals surface area contributed by atoms with E-state index < -0.39 is 16.1 Å². The molecule has 9 heteroatoms. The third kappa shape index (κ3) is 4.43. The van der Waals surface area contributed by atoms with Crippen molar-refractivity contribution in [3.05, 3.63) is 42.5 Å². The summed E-state index contributed by atoms with van der Waals surface area (Å²) < 4.78 is 35.8. The average molecular weight is 391 g/mol. The molecule has 0 atom stereocenters. The van der Waals surface area contributed by atoms with E-state index in [4.69, 9.17) is 9.47 Å². The van der Waals surface area contributed by atoms with Crippen molar-refractivity contribution >= 4 is 33.1 Å². The first-order valence-electron chi connectivity index (χ1n) is 8.33. The SMILES string of the molecule is COc1cc(NC(=O)Nc2cccc(N3CCCS3(=O)=O)c2)cc(OC)c1. The van der Waals surface area contributed by atoms with Crippen molar-refractivity contribution in [2.45, 2.75) is 6.42 Å². The number of anilines is 3. The summed E-state index contributed by atoms with van der Waals surface area (Å²) in [6.45, 7) is 0.446. The van der Waals surface area contributed by atoms with Gasteiger partial charge in [0, 0.05) is 36.1 Å². The lowest BCUT2D eigenvalue weighted by atomic mass is 10.2. The van der Waals surface area contributed by atoms with Gasteiger partial charge in [0.15, 0.2) is 0 Å². The second-order valence-electron chi connectivity index (χ2n) is 5.97. The Hall–Kier alpha value is -2.94. The van der Waals surface area contributed by atoms with Crippen molar-refractivity contribution in [2.24, 2.45) is 0 Å². The van der Waals surface area contributed by atoms with E-state index in [0.29, 0.717) is 41.5 Å². The molecule has 2 N–H and O–H groups in total. The van der Waals surface area contributed by atoms with Crippen LogP contribution in [0.15, 0.2) is 42.5 Å². The maximum absolute atomic E-state index is 12.3. The van der Waals surface area contributed by atoms with Gasteiger partial charge >= 0.3 is 6.03 Å². The summed E-state index contributed by atoms with van der Waals surface area (Å²) in [6, 6.07) is 11.3. The number of carbonyl (C=O) groups is 1. The van der Waals surface area contributed by atoms with Crippen molar-refractivity contribution in [1.82, 2.24) is 0 Å². The minimum Gasteiger partial charge on any atom is -0.497 e. The Bertz CT molecular complexity index is 924. The quantitative estimate of drug-likeness (QED) is 0.817. The molecule has 0 saturated carbocycles. The molecule has 1 heterocycles. The molecule has 0 aliphatic carbocycles. The summed E-state index contributed by atoms with van der Waals surface area (Å²) >= 11 is 0. The Balaban J connectivity index is 1.72. The number of sulfonamides is 1. The van der Waals surface area contributed by atoms with Crippen LogP contribution in [0.5, 0.6) is 11.5 Å². The predicted octanol–water partition coefficient (Wildman–Crippen LogP) is 2.89. The van der Waals surface area contributed by atoms with Gasteiger partial charge in [-0.1, -0.05) is 6.07 Å². The molecule has 0 bridgehead atoms. The molecule has 3 rings (SSSR count). The maximum atomic E-state index is 12.3. The van der Waals surface area contributed by atoms with Crippen molar-refractivity contribution in [3.8, 4) is 11.5 Å². The van der Waals surface area contributed by atoms with E-state index in [9.17, 15) is 13.2 Å². The standard InChI is InChI=1S/C18H21N3O5S/c1-25-16-10-14(11-17(12-16)26-2)20-18(22)19-13-5-3-6-15(9-13)21-7-4-8-27(21,23)24/h3,5-6,9-12H,4,7-8H2,1-2H3,(H2,19,20,22). The zero-order valence-electron chi connectivity index (χ0n) is 15.1. The fourth-order valence-corrected chi connectivity index (χ4v) is 4.40. The minimum absolute atomic E-state index is 0.142. The third-order valence-corrected chi connectivity index (χ3v) is 5.97. The van der Waals surface area contributed by atoms with Crippen molar-refractivity contribution in [1.29, 1.82) is 0 Å². The number of nitrogens with zero attached hydrogens (tertiary/aromatic N) is 1. The molecule has 2 aromatic rings. The van der Waals surface area contributed by atoms with Crippen molar-refractivity contribution in [2.75, 3.05) is 41.5 Å². The summed E-state index contributed by atoms with van der Waals surface area (Å²) in [5.41, 5.74) is 1.53. The van der Waals surface area contributed by atoms with Crippen molar-refractivity contribution in [3.63, 3.8) is 0 Å². The second kappa shape index (κ2) is 7.75. The maximum Gasteiger partial charge on any atom is 0.323 e. The van der Waals surface area contributed by atoms with Crippen LogP contribution in [0.1, 0.15) is 6.42 Å². The number of methoxy groups -OCH3 is 2. The summed E-state index contributed by atoms with van der Waals surface area (Å²) in [5, 5.41) is 5.41. The lowest BCUT2D eigenvalue weighted by molar-refractivity contribution is 0.262. The van der Waals surface area contributed by atoms with Crippen LogP contribution in [0.2, 0.25) is 0 Å². The van der Waals surface area contributed by atoms with Gasteiger partial charge in [-0.05, 0) is 24.6 Å². The highest BCUT2D eigenvalue weighted by Crippen LogP contribution is 2.28. The fraction of sp³-hybridized carbons (Fsp3) is 0.278. The number of urea groups is 1. The van der Waals surface area contributed by atoms with E-state index in [1.54, 1.807) is 42.5 Å². The normalized spacial score (nSPS) is 15.3. The molecule has 0 aromatic heterocycles. The lowest BCUT2D eigenvalue weighted by Gasteiger charge is -2.18. The number of amides is 2. The molecule has 2 amide bonds. The van der Waals surface area contributed by atoms with Crippen LogP contribution < -0.4 is 24.4 Å². The Morgan fingerprint density at radius 3 is 2.26 bits per heavy atom. The van der Waals surface area contributed by atoms with Gasteiger partial charge in [0.1, 0.15) is 11.5 Å². The van der Waals surface area contributed by atoms with Gasteiger partial charge in [-0.25, -0.2) is 13.2 Å². The van der Waals surface area contributed by atoms with Crippen LogP contribution in [-0.2, 0) is 10.0 Å². The van der Waals surface area contributed by atoms with Gasteiger partial charge in [-0.15, -0.1) is 0 Å². The molecule has 1 aliphatic rings. The molecule has 144 valence electrons. The van der Waals surface area contributed by atoms with Crippen LogP contribution in [-0.4, -0.2) is 41.0 Å². The smallest absolute Gasteiger partial charge is 0.323 e. The molecule has 0 radical (unpaired) electrons. The summed E-state index contributed by atoms with van der Waals surface area (Å²) in [7, 11) is -0.223. The van der Waals surface area contributed by atoms with Gasteiger partial charge in [0.25, 0.3) is 0 Å². The van der Waals surface area contributed by atoms with E-state index in [-0.39, 0.29) is 5.75 Å². The highest BCUT2D eigenvalue weighted by molar-refractivity contribution is 7.93.